The number of methoxy groups -OCH3 is 1. The molecule has 1 N–H and O–H groups in total. The molecule has 0 bridgehead atoms. The molecule has 0 saturated carbocycles. The maximum Gasteiger partial charge on any atom is 0.330 e. The monoisotopic (exact) mass is 611 g/mol. The summed E-state index contributed by atoms with van der Waals surface area (Å²) in [5, 5.41) is 2.81. The Kier molecular flexibility index (Phi) is 8.20. The van der Waals surface area contributed by atoms with Crippen molar-refractivity contribution in [3.8, 4) is 11.5 Å². The van der Waals surface area contributed by atoms with Crippen LogP contribution in [0.4, 0.5) is 0 Å². The van der Waals surface area contributed by atoms with Gasteiger partial charge in [0.25, 0.3) is 14.2 Å². The van der Waals surface area contributed by atoms with Gasteiger partial charge in [-0.1, -0.05) is 41.5 Å². The molecule has 1 aliphatic carbocycles. The summed E-state index contributed by atoms with van der Waals surface area (Å²) in [6.07, 6.45) is 6.11. The number of rotatable bonds is 8. The van der Waals surface area contributed by atoms with E-state index in [-0.39, 0.29) is 12.2 Å². The highest BCUT2D eigenvalue weighted by atomic mass is 127. The smallest absolute Gasteiger partial charge is 0.330 e. The highest BCUT2D eigenvalue weighted by Gasteiger charge is 2.48. The Morgan fingerprint density at radius 2 is 1.63 bits per heavy atom. The third-order valence-electron chi connectivity index (χ3n) is 6.95. The molecule has 2 aliphatic rings. The Balaban J connectivity index is 1.90. The molecule has 1 heterocycles. The number of ether oxygens (including phenoxy) is 2. The number of carbonyl (C=O) groups excluding carboxylic acids is 3. The van der Waals surface area contributed by atoms with E-state index in [2.05, 4.69) is 69.5 Å². The minimum Gasteiger partial charge on any atom is -0.540 e. The molecule has 1 aliphatic heterocycles. The summed E-state index contributed by atoms with van der Waals surface area (Å²) in [6, 6.07) is 2.68. The molecule has 35 heavy (non-hydrogen) atoms. The third-order valence-corrected chi connectivity index (χ3v) is 13.8. The molecule has 1 spiro atoms. The highest BCUT2D eigenvalue weighted by Crippen LogP contribution is 2.45. The van der Waals surface area contributed by atoms with E-state index in [0.717, 1.165) is 0 Å². The molecule has 1 aromatic rings. The number of carbonyl (C=O) groups is 3. The SMILES string of the molecule is COc1cc(I)c(C(=O)N[C@H]2CC3(C=CC(=O)C=C3)OC2=O)cc1O[Si](C(C)C)(C(C)C)C(C)C. The third kappa shape index (κ3) is 5.35. The van der Waals surface area contributed by atoms with Gasteiger partial charge in [-0.05, 0) is 75.7 Å². The average molecular weight is 612 g/mol. The fourth-order valence-electron chi connectivity index (χ4n) is 5.30. The fourth-order valence-corrected chi connectivity index (χ4v) is 11.2. The van der Waals surface area contributed by atoms with Crippen molar-refractivity contribution in [2.24, 2.45) is 0 Å². The number of hydrogen-bond acceptors (Lipinski definition) is 6. The van der Waals surface area contributed by atoms with Gasteiger partial charge in [-0.3, -0.25) is 9.59 Å². The standard InChI is InChI=1S/C26H34INO6Si/c1-15(2)35(16(3)4,17(5)6)34-23-12-19(20(27)13-22(23)32-7)24(30)28-21-14-26(33-25(21)31)10-8-18(29)9-11-26/h8-13,15-17,21H,14H2,1-7H3,(H,28,30)/t21-/m0/s1. The van der Waals surface area contributed by atoms with Crippen LogP contribution in [0, 0.1) is 3.57 Å². The van der Waals surface area contributed by atoms with Gasteiger partial charge in [0.05, 0.1) is 12.7 Å². The predicted molar refractivity (Wildman–Crippen MR) is 145 cm³/mol. The van der Waals surface area contributed by atoms with Gasteiger partial charge in [0, 0.05) is 9.99 Å². The van der Waals surface area contributed by atoms with Crippen molar-refractivity contribution >= 4 is 48.6 Å². The lowest BCUT2D eigenvalue weighted by molar-refractivity contribution is -0.144. The molecule has 0 aromatic heterocycles. The molecule has 0 unspecified atom stereocenters. The van der Waals surface area contributed by atoms with Gasteiger partial charge in [0.1, 0.15) is 11.8 Å². The Labute approximate surface area is 221 Å². The van der Waals surface area contributed by atoms with Crippen molar-refractivity contribution in [1.29, 1.82) is 0 Å². The first kappa shape index (κ1) is 27.4. The van der Waals surface area contributed by atoms with E-state index in [1.165, 1.54) is 12.2 Å². The van der Waals surface area contributed by atoms with Gasteiger partial charge in [0.2, 0.25) is 0 Å². The normalized spacial score (nSPS) is 19.1. The minimum atomic E-state index is -2.30. The largest absolute Gasteiger partial charge is 0.540 e. The van der Waals surface area contributed by atoms with E-state index in [0.29, 0.717) is 37.3 Å². The summed E-state index contributed by atoms with van der Waals surface area (Å²) in [4.78, 5) is 37.3. The van der Waals surface area contributed by atoms with E-state index in [9.17, 15) is 14.4 Å². The molecule has 7 nitrogen and oxygen atoms in total. The van der Waals surface area contributed by atoms with Crippen molar-refractivity contribution in [3.63, 3.8) is 0 Å². The van der Waals surface area contributed by atoms with Crippen molar-refractivity contribution < 1.29 is 28.3 Å². The maximum atomic E-state index is 13.3. The van der Waals surface area contributed by atoms with Crippen LogP contribution in [0.1, 0.15) is 58.3 Å². The summed E-state index contributed by atoms with van der Waals surface area (Å²) >= 11 is 2.09. The van der Waals surface area contributed by atoms with Crippen LogP contribution < -0.4 is 14.5 Å². The molecular formula is C26H34INO6Si. The lowest BCUT2D eigenvalue weighted by Crippen LogP contribution is -2.50. The minimum absolute atomic E-state index is 0.164. The Bertz CT molecular complexity index is 1040. The topological polar surface area (TPSA) is 90.9 Å². The Hall–Kier alpha value is -2.14. The molecule has 190 valence electrons. The van der Waals surface area contributed by atoms with E-state index in [1.807, 2.05) is 0 Å². The first-order valence-electron chi connectivity index (χ1n) is 11.9. The van der Waals surface area contributed by atoms with Crippen LogP contribution in [0.2, 0.25) is 16.6 Å². The number of benzene rings is 1. The van der Waals surface area contributed by atoms with Crippen molar-refractivity contribution in [3.05, 3.63) is 45.6 Å². The van der Waals surface area contributed by atoms with Crippen LogP contribution in [0.3, 0.4) is 0 Å². The first-order valence-corrected chi connectivity index (χ1v) is 15.1. The summed E-state index contributed by atoms with van der Waals surface area (Å²) < 4.78 is 18.6. The van der Waals surface area contributed by atoms with Crippen LogP contribution in [0.25, 0.3) is 0 Å². The van der Waals surface area contributed by atoms with Gasteiger partial charge in [0.15, 0.2) is 17.1 Å². The first-order chi connectivity index (χ1) is 16.3. The number of halogens is 1. The van der Waals surface area contributed by atoms with Gasteiger partial charge in [-0.2, -0.15) is 0 Å². The van der Waals surface area contributed by atoms with Crippen molar-refractivity contribution in [2.45, 2.75) is 76.2 Å². The van der Waals surface area contributed by atoms with E-state index >= 15 is 0 Å². The van der Waals surface area contributed by atoms with Crippen molar-refractivity contribution in [2.75, 3.05) is 7.11 Å². The second kappa shape index (κ2) is 10.5. The van der Waals surface area contributed by atoms with E-state index in [4.69, 9.17) is 13.9 Å². The van der Waals surface area contributed by atoms with Crippen LogP contribution in [0.15, 0.2) is 36.4 Å². The zero-order chi connectivity index (χ0) is 26.1. The number of ketones is 1. The predicted octanol–water partition coefficient (Wildman–Crippen LogP) is 5.33. The summed E-state index contributed by atoms with van der Waals surface area (Å²) in [5.74, 6) is 0.0249. The molecule has 1 amide bonds. The van der Waals surface area contributed by atoms with E-state index < -0.39 is 31.8 Å². The second-order valence-electron chi connectivity index (χ2n) is 10.1. The molecule has 1 atom stereocenters. The number of nitrogens with one attached hydrogen (secondary N) is 1. The van der Waals surface area contributed by atoms with Gasteiger partial charge in [-0.25, -0.2) is 4.79 Å². The Morgan fingerprint density at radius 1 is 1.06 bits per heavy atom. The quantitative estimate of drug-likeness (QED) is 0.243. The number of esters is 1. The zero-order valence-electron chi connectivity index (χ0n) is 21.3. The molecule has 3 rings (SSSR count). The van der Waals surface area contributed by atoms with Crippen LogP contribution >= 0.6 is 22.6 Å². The van der Waals surface area contributed by atoms with Crippen molar-refractivity contribution in [1.82, 2.24) is 5.32 Å². The zero-order valence-corrected chi connectivity index (χ0v) is 24.5. The molecule has 1 aromatic carbocycles. The van der Waals surface area contributed by atoms with Crippen LogP contribution in [-0.2, 0) is 14.3 Å². The fraction of sp³-hybridized carbons (Fsp3) is 0.500. The van der Waals surface area contributed by atoms with Gasteiger partial charge >= 0.3 is 5.97 Å². The molecule has 1 fully saturated rings. The molecule has 1 saturated heterocycles. The van der Waals surface area contributed by atoms with Gasteiger partial charge in [-0.15, -0.1) is 0 Å². The molecule has 0 radical (unpaired) electrons. The molecular weight excluding hydrogens is 577 g/mol. The summed E-state index contributed by atoms with van der Waals surface area (Å²) in [5.41, 5.74) is 0.436. The van der Waals surface area contributed by atoms with Crippen LogP contribution in [-0.4, -0.2) is 44.7 Å². The Morgan fingerprint density at radius 3 is 2.14 bits per heavy atom. The van der Waals surface area contributed by atoms with Crippen LogP contribution in [0.5, 0.6) is 11.5 Å². The second-order valence-corrected chi connectivity index (χ2v) is 16.6. The summed E-state index contributed by atoms with van der Waals surface area (Å²) in [6.45, 7) is 13.2. The number of allylic oxidation sites excluding steroid dienone is 2. The van der Waals surface area contributed by atoms with E-state index in [1.54, 1.807) is 31.4 Å². The lowest BCUT2D eigenvalue weighted by Gasteiger charge is -2.42. The molecule has 9 heteroatoms. The summed E-state index contributed by atoms with van der Waals surface area (Å²) in [7, 11) is -0.713. The van der Waals surface area contributed by atoms with Gasteiger partial charge < -0.3 is 19.2 Å². The number of amides is 1. The average Bonchev–Trinajstić information content (AvgIpc) is 3.08. The number of hydrogen-bond donors (Lipinski definition) is 1. The lowest BCUT2D eigenvalue weighted by atomic mass is 9.93. The maximum absolute atomic E-state index is 13.3. The highest BCUT2D eigenvalue weighted by molar-refractivity contribution is 14.1.